The highest BCUT2D eigenvalue weighted by Gasteiger charge is 2.15. The van der Waals surface area contributed by atoms with E-state index in [1.165, 1.54) is 22.2 Å². The van der Waals surface area contributed by atoms with Gasteiger partial charge in [-0.1, -0.05) is 36.9 Å². The quantitative estimate of drug-likeness (QED) is 0.831. The summed E-state index contributed by atoms with van der Waals surface area (Å²) < 4.78 is 2.23. The predicted molar refractivity (Wildman–Crippen MR) is 84.2 cm³/mol. The Kier molecular flexibility index (Phi) is 3.63. The predicted octanol–water partition coefficient (Wildman–Crippen LogP) is 3.58. The summed E-state index contributed by atoms with van der Waals surface area (Å²) >= 11 is 0. The van der Waals surface area contributed by atoms with Crippen LogP contribution in [0.15, 0.2) is 36.9 Å². The van der Waals surface area contributed by atoms with Gasteiger partial charge < -0.3 is 10.3 Å². The van der Waals surface area contributed by atoms with Crippen molar-refractivity contribution in [1.82, 2.24) is 4.57 Å². The number of aromatic nitrogens is 1. The average molecular weight is 254 g/mol. The van der Waals surface area contributed by atoms with Crippen molar-refractivity contribution in [1.29, 1.82) is 0 Å². The van der Waals surface area contributed by atoms with Crippen molar-refractivity contribution in [2.45, 2.75) is 26.3 Å². The third kappa shape index (κ3) is 2.36. The van der Waals surface area contributed by atoms with Gasteiger partial charge in [-0.15, -0.1) is 0 Å². The molecule has 0 aliphatic rings. The summed E-state index contributed by atoms with van der Waals surface area (Å²) in [4.78, 5) is 0. The number of hydrogen-bond donors (Lipinski definition) is 1. The number of hydrogen-bond acceptors (Lipinski definition) is 1. The van der Waals surface area contributed by atoms with Crippen LogP contribution in [0.1, 0.15) is 23.7 Å². The lowest BCUT2D eigenvalue weighted by Gasteiger charge is -2.11. The number of aryl methyl sites for hydroxylation is 1. The van der Waals surface area contributed by atoms with Crippen LogP contribution < -0.4 is 5.73 Å². The van der Waals surface area contributed by atoms with Gasteiger partial charge in [-0.3, -0.25) is 0 Å². The molecule has 19 heavy (non-hydrogen) atoms. The minimum atomic E-state index is 0.0170. The molecule has 0 aliphatic heterocycles. The van der Waals surface area contributed by atoms with Crippen molar-refractivity contribution in [3.8, 4) is 0 Å². The smallest absolute Gasteiger partial charge is 0.0488 e. The van der Waals surface area contributed by atoms with E-state index >= 15 is 0 Å². The number of rotatable bonds is 4. The molecule has 2 aromatic rings. The monoisotopic (exact) mass is 254 g/mol. The second-order valence-electron chi connectivity index (χ2n) is 5.26. The molecule has 0 fully saturated rings. The number of benzene rings is 1. The summed E-state index contributed by atoms with van der Waals surface area (Å²) in [5, 5.41) is 1.28. The zero-order valence-electron chi connectivity index (χ0n) is 12.0. The number of fused-ring (bicyclic) bond motifs is 1. The Hall–Kier alpha value is -1.80. The number of nitrogens with two attached hydrogens (primary N) is 1. The van der Waals surface area contributed by atoms with Crippen LogP contribution in [0.5, 0.6) is 0 Å². The van der Waals surface area contributed by atoms with Gasteiger partial charge in [0.2, 0.25) is 0 Å². The molecule has 0 radical (unpaired) electrons. The van der Waals surface area contributed by atoms with Gasteiger partial charge >= 0.3 is 0 Å². The molecule has 100 valence electrons. The molecule has 1 aromatic heterocycles. The molecule has 1 aromatic carbocycles. The van der Waals surface area contributed by atoms with Crippen LogP contribution >= 0.6 is 0 Å². The van der Waals surface area contributed by atoms with Crippen molar-refractivity contribution < 1.29 is 0 Å². The fourth-order valence-electron chi connectivity index (χ4n) is 2.44. The molecule has 2 nitrogen and oxygen atoms in total. The van der Waals surface area contributed by atoms with Gasteiger partial charge in [0.25, 0.3) is 0 Å². The molecule has 0 amide bonds. The molecule has 0 spiro atoms. The summed E-state index contributed by atoms with van der Waals surface area (Å²) in [7, 11) is 2.10. The van der Waals surface area contributed by atoms with Crippen molar-refractivity contribution in [2.75, 3.05) is 0 Å². The summed E-state index contributed by atoms with van der Waals surface area (Å²) in [5.74, 6) is 0. The molecule has 2 rings (SSSR count). The second-order valence-corrected chi connectivity index (χ2v) is 5.26. The van der Waals surface area contributed by atoms with E-state index in [2.05, 4.69) is 49.9 Å². The van der Waals surface area contributed by atoms with Crippen molar-refractivity contribution in [3.05, 3.63) is 53.8 Å². The number of nitrogens with zero attached hydrogens (tertiary/aromatic N) is 1. The molecule has 2 heteroatoms. The van der Waals surface area contributed by atoms with E-state index in [9.17, 15) is 0 Å². The van der Waals surface area contributed by atoms with E-state index in [1.54, 1.807) is 0 Å². The zero-order chi connectivity index (χ0) is 14.2. The summed E-state index contributed by atoms with van der Waals surface area (Å²) in [6.45, 7) is 11.9. The van der Waals surface area contributed by atoms with Gasteiger partial charge in [0.05, 0.1) is 0 Å². The second kappa shape index (κ2) is 5.06. The zero-order valence-corrected chi connectivity index (χ0v) is 12.0. The molecule has 1 heterocycles. The first kappa shape index (κ1) is 13.6. The van der Waals surface area contributed by atoms with Gasteiger partial charge in [-0.2, -0.15) is 0 Å². The average Bonchev–Trinajstić information content (AvgIpc) is 2.63. The van der Waals surface area contributed by atoms with E-state index in [0.717, 1.165) is 17.6 Å². The molecular formula is C17H22N2. The lowest BCUT2D eigenvalue weighted by Crippen LogP contribution is -2.23. The third-order valence-corrected chi connectivity index (χ3v) is 3.94. The van der Waals surface area contributed by atoms with E-state index in [-0.39, 0.29) is 6.04 Å². The van der Waals surface area contributed by atoms with Crippen molar-refractivity contribution in [2.24, 2.45) is 12.8 Å². The van der Waals surface area contributed by atoms with Crippen LogP contribution in [0.4, 0.5) is 0 Å². The topological polar surface area (TPSA) is 30.9 Å². The molecule has 1 atom stereocenters. The largest absolute Gasteiger partial charge is 0.348 e. The Morgan fingerprint density at radius 1 is 1.47 bits per heavy atom. The minimum absolute atomic E-state index is 0.0170. The molecule has 0 saturated carbocycles. The van der Waals surface area contributed by atoms with Gasteiger partial charge in [0, 0.05) is 29.7 Å². The first-order valence-corrected chi connectivity index (χ1v) is 6.57. The van der Waals surface area contributed by atoms with E-state index < -0.39 is 0 Å². The summed E-state index contributed by atoms with van der Waals surface area (Å²) in [6.07, 6.45) is 2.72. The fourth-order valence-corrected chi connectivity index (χ4v) is 2.44. The maximum Gasteiger partial charge on any atom is 0.0488 e. The Bertz CT molecular complexity index is 647. The van der Waals surface area contributed by atoms with Gasteiger partial charge in [-0.05, 0) is 37.5 Å². The Morgan fingerprint density at radius 2 is 2.16 bits per heavy atom. The van der Waals surface area contributed by atoms with Crippen LogP contribution in [-0.2, 0) is 13.5 Å². The standard InChI is InChI=1S/C17H22N2/c1-6-13-7-8-14-15(10-16(18)11(2)3)12(4)19(5)17(14)9-13/h6-9,16H,1-2,10,18H2,3-5H3. The first-order chi connectivity index (χ1) is 8.95. The fraction of sp³-hybridized carbons (Fsp3) is 0.294. The SMILES string of the molecule is C=Cc1ccc2c(CC(N)C(=C)C)c(C)n(C)c2c1. The summed E-state index contributed by atoms with van der Waals surface area (Å²) in [5.41, 5.74) is 12.1. The Balaban J connectivity index is 2.58. The Labute approximate surface area is 115 Å². The normalized spacial score (nSPS) is 12.6. The first-order valence-electron chi connectivity index (χ1n) is 6.57. The van der Waals surface area contributed by atoms with E-state index in [0.29, 0.717) is 0 Å². The van der Waals surface area contributed by atoms with E-state index in [4.69, 9.17) is 5.73 Å². The highest BCUT2D eigenvalue weighted by molar-refractivity contribution is 5.87. The minimum Gasteiger partial charge on any atom is -0.348 e. The van der Waals surface area contributed by atoms with Crippen LogP contribution in [-0.4, -0.2) is 10.6 Å². The molecule has 2 N–H and O–H groups in total. The maximum absolute atomic E-state index is 6.15. The Morgan fingerprint density at radius 3 is 2.74 bits per heavy atom. The molecule has 1 unspecified atom stereocenters. The molecular weight excluding hydrogens is 232 g/mol. The lowest BCUT2D eigenvalue weighted by molar-refractivity contribution is 0.759. The van der Waals surface area contributed by atoms with Crippen LogP contribution in [0.2, 0.25) is 0 Å². The molecule has 0 saturated heterocycles. The van der Waals surface area contributed by atoms with Crippen LogP contribution in [0, 0.1) is 6.92 Å². The lowest BCUT2D eigenvalue weighted by atomic mass is 9.99. The molecule has 0 bridgehead atoms. The van der Waals surface area contributed by atoms with Gasteiger partial charge in [0.1, 0.15) is 0 Å². The highest BCUT2D eigenvalue weighted by Crippen LogP contribution is 2.27. The van der Waals surface area contributed by atoms with Crippen molar-refractivity contribution in [3.63, 3.8) is 0 Å². The van der Waals surface area contributed by atoms with Crippen LogP contribution in [0.25, 0.3) is 17.0 Å². The van der Waals surface area contributed by atoms with Crippen molar-refractivity contribution >= 4 is 17.0 Å². The van der Waals surface area contributed by atoms with Crippen LogP contribution in [0.3, 0.4) is 0 Å². The van der Waals surface area contributed by atoms with Gasteiger partial charge in [0.15, 0.2) is 0 Å². The molecule has 0 aliphatic carbocycles. The van der Waals surface area contributed by atoms with E-state index in [1.807, 2.05) is 13.0 Å². The summed E-state index contributed by atoms with van der Waals surface area (Å²) in [6, 6.07) is 6.46. The third-order valence-electron chi connectivity index (χ3n) is 3.94. The van der Waals surface area contributed by atoms with Gasteiger partial charge in [-0.25, -0.2) is 0 Å². The maximum atomic E-state index is 6.15. The highest BCUT2D eigenvalue weighted by atomic mass is 14.9.